The number of nitrogens with one attached hydrogen (secondary N) is 1. The van der Waals surface area contributed by atoms with Crippen molar-refractivity contribution in [2.45, 2.75) is 31.7 Å². The first-order valence-electron chi connectivity index (χ1n) is 8.96. The topological polar surface area (TPSA) is 52.7 Å². The fourth-order valence-corrected chi connectivity index (χ4v) is 3.89. The molecule has 2 saturated heterocycles. The summed E-state index contributed by atoms with van der Waals surface area (Å²) in [5.74, 6) is 0.754. The summed E-state index contributed by atoms with van der Waals surface area (Å²) in [6.07, 6.45) is 3.15. The van der Waals surface area contributed by atoms with Gasteiger partial charge in [-0.05, 0) is 44.3 Å². The summed E-state index contributed by atoms with van der Waals surface area (Å²) < 4.78 is 0. The molecule has 0 aliphatic carbocycles. The lowest BCUT2D eigenvalue weighted by Gasteiger charge is -2.28. The van der Waals surface area contributed by atoms with Gasteiger partial charge in [-0.25, -0.2) is 0 Å². The van der Waals surface area contributed by atoms with Crippen LogP contribution in [0, 0.1) is 5.92 Å². The Morgan fingerprint density at radius 1 is 1.16 bits per heavy atom. The van der Waals surface area contributed by atoms with E-state index in [9.17, 15) is 9.59 Å². The fourth-order valence-electron chi connectivity index (χ4n) is 3.89. The van der Waals surface area contributed by atoms with Gasteiger partial charge >= 0.3 is 0 Å². The molecule has 1 aromatic rings. The largest absolute Gasteiger partial charge is 0.341 e. The van der Waals surface area contributed by atoms with Crippen LogP contribution < -0.4 is 5.32 Å². The van der Waals surface area contributed by atoms with Crippen LogP contribution in [0.2, 0.25) is 0 Å². The number of hydrogen-bond acceptors (Lipinski definition) is 3. The molecule has 0 saturated carbocycles. The fraction of sp³-hybridized carbons (Fsp3) is 0.579. The molecule has 2 amide bonds. The van der Waals surface area contributed by atoms with Crippen molar-refractivity contribution < 1.29 is 9.59 Å². The molecule has 2 atom stereocenters. The molecule has 6 heteroatoms. The Hall–Kier alpha value is -1.59. The standard InChI is InChI=1S/C19H27N3O2.ClH/c1-20-13-16-9-11-21(14-16)19(24)17-8-5-10-22(17)18(23)12-15-6-3-2-4-7-15;/h2-4,6-7,16-17,20H,5,8-14H2,1H3;1H. The molecule has 0 bridgehead atoms. The number of halogens is 1. The molecule has 138 valence electrons. The van der Waals surface area contributed by atoms with Gasteiger partial charge in [-0.2, -0.15) is 0 Å². The highest BCUT2D eigenvalue weighted by molar-refractivity contribution is 5.89. The average molecular weight is 366 g/mol. The third-order valence-electron chi connectivity index (χ3n) is 5.15. The highest BCUT2D eigenvalue weighted by atomic mass is 35.5. The van der Waals surface area contributed by atoms with Gasteiger partial charge in [0.1, 0.15) is 6.04 Å². The van der Waals surface area contributed by atoms with Gasteiger partial charge in [-0.1, -0.05) is 30.3 Å². The second-order valence-electron chi connectivity index (χ2n) is 6.90. The van der Waals surface area contributed by atoms with Crippen LogP contribution in [-0.4, -0.2) is 60.9 Å². The highest BCUT2D eigenvalue weighted by Crippen LogP contribution is 2.24. The lowest BCUT2D eigenvalue weighted by molar-refractivity contribution is -0.142. The van der Waals surface area contributed by atoms with Crippen molar-refractivity contribution in [3.63, 3.8) is 0 Å². The monoisotopic (exact) mass is 365 g/mol. The van der Waals surface area contributed by atoms with Crippen LogP contribution in [0.3, 0.4) is 0 Å². The molecule has 5 nitrogen and oxygen atoms in total. The minimum atomic E-state index is -0.255. The Balaban J connectivity index is 0.00000225. The first kappa shape index (κ1) is 19.7. The number of carbonyl (C=O) groups is 2. The van der Waals surface area contributed by atoms with E-state index in [1.807, 2.05) is 42.3 Å². The van der Waals surface area contributed by atoms with Gasteiger partial charge in [0.2, 0.25) is 11.8 Å². The third-order valence-corrected chi connectivity index (χ3v) is 5.15. The van der Waals surface area contributed by atoms with Crippen LogP contribution in [0.25, 0.3) is 0 Å². The molecule has 25 heavy (non-hydrogen) atoms. The summed E-state index contributed by atoms with van der Waals surface area (Å²) in [6.45, 7) is 3.29. The predicted octanol–water partition coefficient (Wildman–Crippen LogP) is 1.71. The van der Waals surface area contributed by atoms with Crippen molar-refractivity contribution in [2.24, 2.45) is 5.92 Å². The van der Waals surface area contributed by atoms with Crippen molar-refractivity contribution in [3.8, 4) is 0 Å². The molecule has 2 heterocycles. The van der Waals surface area contributed by atoms with Crippen molar-refractivity contribution in [3.05, 3.63) is 35.9 Å². The van der Waals surface area contributed by atoms with Crippen LogP contribution in [0.5, 0.6) is 0 Å². The minimum Gasteiger partial charge on any atom is -0.341 e. The quantitative estimate of drug-likeness (QED) is 0.864. The summed E-state index contributed by atoms with van der Waals surface area (Å²) in [5, 5.41) is 3.19. The van der Waals surface area contributed by atoms with Crippen LogP contribution in [0.15, 0.2) is 30.3 Å². The van der Waals surface area contributed by atoms with Crippen LogP contribution in [0.4, 0.5) is 0 Å². The molecule has 0 aromatic heterocycles. The van der Waals surface area contributed by atoms with E-state index in [1.54, 1.807) is 4.90 Å². The summed E-state index contributed by atoms with van der Waals surface area (Å²) in [4.78, 5) is 29.3. The minimum absolute atomic E-state index is 0. The zero-order valence-electron chi connectivity index (χ0n) is 14.8. The summed E-state index contributed by atoms with van der Waals surface area (Å²) in [6, 6.07) is 9.52. The molecule has 1 N–H and O–H groups in total. The van der Waals surface area contributed by atoms with Crippen LogP contribution in [0.1, 0.15) is 24.8 Å². The zero-order valence-corrected chi connectivity index (χ0v) is 15.6. The maximum atomic E-state index is 12.9. The first-order chi connectivity index (χ1) is 11.7. The van der Waals surface area contributed by atoms with Gasteiger partial charge in [0.15, 0.2) is 0 Å². The van der Waals surface area contributed by atoms with Crippen LogP contribution in [-0.2, 0) is 16.0 Å². The van der Waals surface area contributed by atoms with Crippen molar-refractivity contribution in [1.82, 2.24) is 15.1 Å². The van der Waals surface area contributed by atoms with E-state index in [0.29, 0.717) is 18.9 Å². The van der Waals surface area contributed by atoms with E-state index in [2.05, 4.69) is 5.32 Å². The van der Waals surface area contributed by atoms with Crippen molar-refractivity contribution >= 4 is 24.2 Å². The van der Waals surface area contributed by atoms with Gasteiger partial charge in [0, 0.05) is 19.6 Å². The van der Waals surface area contributed by atoms with Crippen molar-refractivity contribution in [1.29, 1.82) is 0 Å². The van der Waals surface area contributed by atoms with Gasteiger partial charge in [0.05, 0.1) is 6.42 Å². The average Bonchev–Trinajstić information content (AvgIpc) is 3.25. The van der Waals surface area contributed by atoms with E-state index in [-0.39, 0.29) is 30.3 Å². The smallest absolute Gasteiger partial charge is 0.245 e. The normalized spacial score (nSPS) is 22.8. The number of carbonyl (C=O) groups excluding carboxylic acids is 2. The maximum Gasteiger partial charge on any atom is 0.245 e. The molecule has 0 spiro atoms. The number of rotatable bonds is 5. The Morgan fingerprint density at radius 3 is 2.64 bits per heavy atom. The van der Waals surface area contributed by atoms with E-state index >= 15 is 0 Å². The highest BCUT2D eigenvalue weighted by Gasteiger charge is 2.38. The summed E-state index contributed by atoms with van der Waals surface area (Å²) >= 11 is 0. The molecule has 3 rings (SSSR count). The van der Waals surface area contributed by atoms with Crippen molar-refractivity contribution in [2.75, 3.05) is 33.2 Å². The summed E-state index contributed by atoms with van der Waals surface area (Å²) in [7, 11) is 1.95. The second-order valence-corrected chi connectivity index (χ2v) is 6.90. The molecule has 2 fully saturated rings. The van der Waals surface area contributed by atoms with E-state index < -0.39 is 0 Å². The van der Waals surface area contributed by atoms with Gasteiger partial charge in [-0.3, -0.25) is 9.59 Å². The SMILES string of the molecule is CNCC1CCN(C(=O)C2CCCN2C(=O)Cc2ccccc2)C1.Cl. The molecule has 2 aliphatic rings. The van der Waals surface area contributed by atoms with Gasteiger partial charge in [-0.15, -0.1) is 12.4 Å². The Kier molecular flexibility index (Phi) is 7.26. The molecule has 2 unspecified atom stereocenters. The van der Waals surface area contributed by atoms with Crippen LogP contribution >= 0.6 is 12.4 Å². The number of hydrogen-bond donors (Lipinski definition) is 1. The predicted molar refractivity (Wildman–Crippen MR) is 101 cm³/mol. The zero-order chi connectivity index (χ0) is 16.9. The summed E-state index contributed by atoms with van der Waals surface area (Å²) in [5.41, 5.74) is 1.01. The Labute approximate surface area is 156 Å². The number of likely N-dealkylation sites (tertiary alicyclic amines) is 2. The number of nitrogens with zero attached hydrogens (tertiary/aromatic N) is 2. The number of benzene rings is 1. The third kappa shape index (κ3) is 4.73. The molecular formula is C19H28ClN3O2. The molecule has 2 aliphatic heterocycles. The Morgan fingerprint density at radius 2 is 1.92 bits per heavy atom. The lowest BCUT2D eigenvalue weighted by atomic mass is 10.1. The second kappa shape index (κ2) is 9.20. The maximum absolute atomic E-state index is 12.9. The Bertz CT molecular complexity index is 581. The van der Waals surface area contributed by atoms with Gasteiger partial charge in [0.25, 0.3) is 0 Å². The molecular weight excluding hydrogens is 338 g/mol. The molecule has 0 radical (unpaired) electrons. The molecule has 1 aromatic carbocycles. The van der Waals surface area contributed by atoms with Gasteiger partial charge < -0.3 is 15.1 Å². The first-order valence-corrected chi connectivity index (χ1v) is 8.96. The van der Waals surface area contributed by atoms with E-state index in [0.717, 1.165) is 44.5 Å². The lowest BCUT2D eigenvalue weighted by Crippen LogP contribution is -2.47. The number of amides is 2. The van der Waals surface area contributed by atoms with E-state index in [1.165, 1.54) is 0 Å². The van der Waals surface area contributed by atoms with E-state index in [4.69, 9.17) is 0 Å².